The molecule has 6 nitrogen and oxygen atoms in total. The van der Waals surface area contributed by atoms with E-state index in [1.54, 1.807) is 0 Å². The Kier molecular flexibility index (Phi) is 4.26. The Hall–Kier alpha value is -0.980. The van der Waals surface area contributed by atoms with Gasteiger partial charge in [-0.05, 0) is 20.0 Å². The summed E-state index contributed by atoms with van der Waals surface area (Å²) in [5.74, 6) is 1.26. The van der Waals surface area contributed by atoms with Crippen molar-refractivity contribution in [3.05, 3.63) is 11.7 Å². The van der Waals surface area contributed by atoms with Gasteiger partial charge in [0.2, 0.25) is 11.7 Å². The van der Waals surface area contributed by atoms with Crippen molar-refractivity contribution < 1.29 is 14.0 Å². The Balaban J connectivity index is 1.85. The van der Waals surface area contributed by atoms with E-state index in [0.29, 0.717) is 31.5 Å². The van der Waals surface area contributed by atoms with E-state index in [9.17, 15) is 0 Å². The zero-order chi connectivity index (χ0) is 11.2. The zero-order valence-electron chi connectivity index (χ0n) is 9.44. The summed E-state index contributed by atoms with van der Waals surface area (Å²) < 4.78 is 15.9. The van der Waals surface area contributed by atoms with Crippen molar-refractivity contribution in [2.45, 2.75) is 18.9 Å². The van der Waals surface area contributed by atoms with Crippen LogP contribution >= 0.6 is 0 Å². The van der Waals surface area contributed by atoms with Crippen LogP contribution in [0.5, 0.6) is 0 Å². The maximum atomic E-state index is 5.48. The van der Waals surface area contributed by atoms with Crippen LogP contribution in [-0.2, 0) is 15.9 Å². The molecular formula is C10H17N3O3. The quantitative estimate of drug-likeness (QED) is 0.730. The summed E-state index contributed by atoms with van der Waals surface area (Å²) in [5, 5.41) is 6.98. The van der Waals surface area contributed by atoms with Gasteiger partial charge in [-0.15, -0.1) is 0 Å². The first kappa shape index (κ1) is 11.5. The van der Waals surface area contributed by atoms with Crippen LogP contribution < -0.4 is 5.32 Å². The molecular weight excluding hydrogens is 210 g/mol. The van der Waals surface area contributed by atoms with E-state index in [0.717, 1.165) is 19.4 Å². The first-order chi connectivity index (χ1) is 7.90. The molecule has 1 aliphatic rings. The molecule has 6 heteroatoms. The van der Waals surface area contributed by atoms with Gasteiger partial charge in [0.25, 0.3) is 0 Å². The predicted molar refractivity (Wildman–Crippen MR) is 56.1 cm³/mol. The Morgan fingerprint density at radius 1 is 1.44 bits per heavy atom. The molecule has 0 saturated carbocycles. The minimum atomic E-state index is -0.171. The predicted octanol–water partition coefficient (Wildman–Crippen LogP) is 0.309. The molecule has 1 aromatic heterocycles. The zero-order valence-corrected chi connectivity index (χ0v) is 9.44. The van der Waals surface area contributed by atoms with E-state index in [-0.39, 0.29) is 6.10 Å². The molecule has 0 bridgehead atoms. The number of nitrogens with zero attached hydrogens (tertiary/aromatic N) is 2. The highest BCUT2D eigenvalue weighted by Crippen LogP contribution is 2.17. The molecule has 2 rings (SSSR count). The normalized spacial score (nSPS) is 21.2. The van der Waals surface area contributed by atoms with Crippen LogP contribution in [0.2, 0.25) is 0 Å². The first-order valence-electron chi connectivity index (χ1n) is 5.56. The van der Waals surface area contributed by atoms with Gasteiger partial charge in [0.05, 0.1) is 19.8 Å². The third-order valence-electron chi connectivity index (χ3n) is 2.41. The lowest BCUT2D eigenvalue weighted by Gasteiger charge is -2.19. The number of rotatable bonds is 5. The molecule has 0 aromatic carbocycles. The molecule has 0 radical (unpaired) electrons. The summed E-state index contributed by atoms with van der Waals surface area (Å²) in [6.07, 6.45) is 1.61. The molecule has 1 unspecified atom stereocenters. The SMILES string of the molecule is CNCCCc1nc(C2COCCO2)no1. The highest BCUT2D eigenvalue weighted by molar-refractivity contribution is 4.92. The van der Waals surface area contributed by atoms with Gasteiger partial charge in [0.1, 0.15) is 6.10 Å². The smallest absolute Gasteiger partial charge is 0.226 e. The molecule has 90 valence electrons. The number of aryl methyl sites for hydroxylation is 1. The summed E-state index contributed by atoms with van der Waals surface area (Å²) in [7, 11) is 1.92. The van der Waals surface area contributed by atoms with Crippen LogP contribution in [0.4, 0.5) is 0 Å². The fourth-order valence-corrected chi connectivity index (χ4v) is 1.55. The van der Waals surface area contributed by atoms with Gasteiger partial charge >= 0.3 is 0 Å². The van der Waals surface area contributed by atoms with Crippen LogP contribution in [0.15, 0.2) is 4.52 Å². The van der Waals surface area contributed by atoms with Crippen molar-refractivity contribution in [2.75, 3.05) is 33.4 Å². The Morgan fingerprint density at radius 3 is 3.12 bits per heavy atom. The number of aromatic nitrogens is 2. The van der Waals surface area contributed by atoms with Crippen molar-refractivity contribution in [2.24, 2.45) is 0 Å². The average molecular weight is 227 g/mol. The van der Waals surface area contributed by atoms with Crippen molar-refractivity contribution in [1.82, 2.24) is 15.5 Å². The van der Waals surface area contributed by atoms with Crippen LogP contribution in [0, 0.1) is 0 Å². The molecule has 1 saturated heterocycles. The Labute approximate surface area is 94.3 Å². The number of nitrogens with one attached hydrogen (secondary N) is 1. The molecule has 1 N–H and O–H groups in total. The number of hydrogen-bond acceptors (Lipinski definition) is 6. The lowest BCUT2D eigenvalue weighted by Crippen LogP contribution is -2.22. The number of ether oxygens (including phenoxy) is 2. The molecule has 2 heterocycles. The first-order valence-corrected chi connectivity index (χ1v) is 5.56. The van der Waals surface area contributed by atoms with Gasteiger partial charge in [-0.1, -0.05) is 5.16 Å². The van der Waals surface area contributed by atoms with E-state index in [4.69, 9.17) is 14.0 Å². The topological polar surface area (TPSA) is 69.4 Å². The maximum absolute atomic E-state index is 5.48. The molecule has 0 aliphatic carbocycles. The van der Waals surface area contributed by atoms with E-state index in [2.05, 4.69) is 15.5 Å². The summed E-state index contributed by atoms with van der Waals surface area (Å²) in [5.41, 5.74) is 0. The van der Waals surface area contributed by atoms with E-state index < -0.39 is 0 Å². The van der Waals surface area contributed by atoms with Gasteiger partial charge in [0, 0.05) is 6.42 Å². The number of hydrogen-bond donors (Lipinski definition) is 1. The van der Waals surface area contributed by atoms with Crippen molar-refractivity contribution in [3.8, 4) is 0 Å². The van der Waals surface area contributed by atoms with E-state index in [1.165, 1.54) is 0 Å². The van der Waals surface area contributed by atoms with Crippen LogP contribution in [0.3, 0.4) is 0 Å². The van der Waals surface area contributed by atoms with Crippen molar-refractivity contribution in [1.29, 1.82) is 0 Å². The highest BCUT2D eigenvalue weighted by Gasteiger charge is 2.21. The molecule has 1 aromatic rings. The second kappa shape index (κ2) is 5.93. The molecule has 1 atom stereocenters. The van der Waals surface area contributed by atoms with Crippen molar-refractivity contribution in [3.63, 3.8) is 0 Å². The standard InChI is InChI=1S/C10H17N3O3/c1-11-4-2-3-9-12-10(13-16-9)8-7-14-5-6-15-8/h8,11H,2-7H2,1H3. The Morgan fingerprint density at radius 2 is 2.38 bits per heavy atom. The molecule has 1 aliphatic heterocycles. The summed E-state index contributed by atoms with van der Waals surface area (Å²) >= 11 is 0. The third-order valence-corrected chi connectivity index (χ3v) is 2.41. The van der Waals surface area contributed by atoms with Gasteiger partial charge < -0.3 is 19.3 Å². The third kappa shape index (κ3) is 3.01. The lowest BCUT2D eigenvalue weighted by molar-refractivity contribution is -0.0941. The summed E-state index contributed by atoms with van der Waals surface area (Å²) in [4.78, 5) is 4.30. The van der Waals surface area contributed by atoms with Gasteiger partial charge in [-0.25, -0.2) is 0 Å². The van der Waals surface area contributed by atoms with Crippen molar-refractivity contribution >= 4 is 0 Å². The second-order valence-electron chi connectivity index (χ2n) is 3.69. The minimum absolute atomic E-state index is 0.171. The summed E-state index contributed by atoms with van der Waals surface area (Å²) in [6.45, 7) is 2.69. The fourth-order valence-electron chi connectivity index (χ4n) is 1.55. The largest absolute Gasteiger partial charge is 0.376 e. The summed E-state index contributed by atoms with van der Waals surface area (Å²) in [6, 6.07) is 0. The van der Waals surface area contributed by atoms with E-state index in [1.807, 2.05) is 7.05 Å². The van der Waals surface area contributed by atoms with Gasteiger partial charge in [0.15, 0.2) is 0 Å². The van der Waals surface area contributed by atoms with Gasteiger partial charge in [-0.3, -0.25) is 0 Å². The Bertz CT molecular complexity index is 310. The monoisotopic (exact) mass is 227 g/mol. The molecule has 1 fully saturated rings. The van der Waals surface area contributed by atoms with Crippen LogP contribution in [0.1, 0.15) is 24.2 Å². The molecule has 16 heavy (non-hydrogen) atoms. The van der Waals surface area contributed by atoms with E-state index >= 15 is 0 Å². The van der Waals surface area contributed by atoms with Crippen LogP contribution in [0.25, 0.3) is 0 Å². The van der Waals surface area contributed by atoms with Crippen LogP contribution in [-0.4, -0.2) is 43.6 Å². The second-order valence-corrected chi connectivity index (χ2v) is 3.69. The maximum Gasteiger partial charge on any atom is 0.226 e. The van der Waals surface area contributed by atoms with Gasteiger partial charge in [-0.2, -0.15) is 4.98 Å². The fraction of sp³-hybridized carbons (Fsp3) is 0.800. The highest BCUT2D eigenvalue weighted by atomic mass is 16.6. The minimum Gasteiger partial charge on any atom is -0.376 e. The lowest BCUT2D eigenvalue weighted by atomic mass is 10.3. The molecule has 0 amide bonds. The average Bonchev–Trinajstić information content (AvgIpc) is 2.79. The molecule has 0 spiro atoms.